The van der Waals surface area contributed by atoms with Crippen molar-refractivity contribution < 1.29 is 0 Å². The van der Waals surface area contributed by atoms with E-state index in [-0.39, 0.29) is 0 Å². The molecular formula is C5H9Cl2P. The molecule has 0 unspecified atom stereocenters. The van der Waals surface area contributed by atoms with Gasteiger partial charge in [-0.15, -0.1) is 0 Å². The van der Waals surface area contributed by atoms with Crippen LogP contribution in [0.3, 0.4) is 0 Å². The molecule has 0 radical (unpaired) electrons. The average Bonchev–Trinajstić information content (AvgIpc) is 1.81. The number of allylic oxidation sites excluding steroid dienone is 2. The summed E-state index contributed by atoms with van der Waals surface area (Å²) in [6.45, 7) is 1.98. The summed E-state index contributed by atoms with van der Waals surface area (Å²) in [4.78, 5) is 0. The molecule has 0 N–H and O–H groups in total. The Morgan fingerprint density at radius 1 is 1.25 bits per heavy atom. The van der Waals surface area contributed by atoms with Crippen LogP contribution >= 0.6 is 27.8 Å². The van der Waals surface area contributed by atoms with Crippen LogP contribution in [0.1, 0.15) is 0 Å². The van der Waals surface area contributed by atoms with E-state index in [1.54, 1.807) is 0 Å². The fraction of sp³-hybridized carbons (Fsp3) is 0.600. The molecule has 0 amide bonds. The first-order valence-electron chi connectivity index (χ1n) is 2.57. The van der Waals surface area contributed by atoms with Crippen molar-refractivity contribution in [3.63, 3.8) is 0 Å². The minimum atomic E-state index is -2.16. The van der Waals surface area contributed by atoms with Crippen molar-refractivity contribution in [1.82, 2.24) is 0 Å². The standard InChI is InChI=1S/C5H9Cl2P/c1-8(6,7)4-2-3-5-8/h2-3H,4-5H2,1H3. The van der Waals surface area contributed by atoms with Crippen LogP contribution in [-0.2, 0) is 0 Å². The van der Waals surface area contributed by atoms with Gasteiger partial charge in [0.05, 0.1) is 0 Å². The normalized spacial score (nSPS) is 36.1. The summed E-state index contributed by atoms with van der Waals surface area (Å²) in [5.74, 6) is 0. The van der Waals surface area contributed by atoms with Crippen LogP contribution in [0.5, 0.6) is 0 Å². The van der Waals surface area contributed by atoms with E-state index >= 15 is 0 Å². The quantitative estimate of drug-likeness (QED) is 0.388. The van der Waals surface area contributed by atoms with E-state index in [1.807, 2.05) is 6.66 Å². The van der Waals surface area contributed by atoms with Gasteiger partial charge < -0.3 is 0 Å². The fourth-order valence-corrected chi connectivity index (χ4v) is 3.18. The number of rotatable bonds is 0. The molecule has 1 aliphatic rings. The van der Waals surface area contributed by atoms with Gasteiger partial charge >= 0.3 is 58.9 Å². The van der Waals surface area contributed by atoms with E-state index in [0.29, 0.717) is 0 Å². The first kappa shape index (κ1) is 6.86. The van der Waals surface area contributed by atoms with Crippen molar-refractivity contribution in [1.29, 1.82) is 0 Å². The third-order valence-electron chi connectivity index (χ3n) is 1.28. The van der Waals surface area contributed by atoms with Crippen molar-refractivity contribution in [3.8, 4) is 0 Å². The molecule has 1 rings (SSSR count). The van der Waals surface area contributed by atoms with Gasteiger partial charge in [0, 0.05) is 0 Å². The zero-order valence-electron chi connectivity index (χ0n) is 4.77. The summed E-state index contributed by atoms with van der Waals surface area (Å²) >= 11 is 12.1. The SMILES string of the molecule is CP1(Cl)(Cl)CC=CC1. The van der Waals surface area contributed by atoms with Gasteiger partial charge in [-0.1, -0.05) is 0 Å². The van der Waals surface area contributed by atoms with E-state index < -0.39 is 5.31 Å². The summed E-state index contributed by atoms with van der Waals surface area (Å²) in [5.41, 5.74) is 0. The zero-order valence-corrected chi connectivity index (χ0v) is 7.18. The van der Waals surface area contributed by atoms with Crippen molar-refractivity contribution in [3.05, 3.63) is 12.2 Å². The molecular weight excluding hydrogens is 162 g/mol. The molecule has 1 aliphatic heterocycles. The van der Waals surface area contributed by atoms with E-state index in [0.717, 1.165) is 12.3 Å². The Morgan fingerprint density at radius 2 is 1.62 bits per heavy atom. The van der Waals surface area contributed by atoms with E-state index in [2.05, 4.69) is 12.2 Å². The van der Waals surface area contributed by atoms with Crippen LogP contribution in [0.2, 0.25) is 0 Å². The topological polar surface area (TPSA) is 0 Å². The Bertz CT molecular complexity index is 119. The van der Waals surface area contributed by atoms with Crippen molar-refractivity contribution >= 4 is 27.8 Å². The summed E-state index contributed by atoms with van der Waals surface area (Å²) < 4.78 is 0. The van der Waals surface area contributed by atoms with Crippen molar-refractivity contribution in [2.45, 2.75) is 0 Å². The zero-order chi connectivity index (χ0) is 6.28. The van der Waals surface area contributed by atoms with E-state index in [4.69, 9.17) is 22.5 Å². The van der Waals surface area contributed by atoms with Crippen molar-refractivity contribution in [2.75, 3.05) is 19.0 Å². The van der Waals surface area contributed by atoms with Gasteiger partial charge in [-0.25, -0.2) is 0 Å². The molecule has 0 aromatic rings. The molecule has 0 spiro atoms. The molecule has 0 aromatic carbocycles. The molecule has 0 nitrogen and oxygen atoms in total. The van der Waals surface area contributed by atoms with Gasteiger partial charge in [0.15, 0.2) is 0 Å². The predicted molar refractivity (Wildman–Crippen MR) is 43.4 cm³/mol. The summed E-state index contributed by atoms with van der Waals surface area (Å²) in [6.07, 6.45) is 5.93. The molecule has 0 fully saturated rings. The molecule has 0 saturated heterocycles. The Hall–Kier alpha value is 0.750. The van der Waals surface area contributed by atoms with Crippen LogP contribution in [0, 0.1) is 0 Å². The number of hydrogen-bond acceptors (Lipinski definition) is 0. The molecule has 0 bridgehead atoms. The monoisotopic (exact) mass is 170 g/mol. The first-order chi connectivity index (χ1) is 3.47. The summed E-state index contributed by atoms with van der Waals surface area (Å²) in [5, 5.41) is -2.16. The summed E-state index contributed by atoms with van der Waals surface area (Å²) in [7, 11) is 0. The maximum absolute atomic E-state index is 6.06. The molecule has 48 valence electrons. The second-order valence-electron chi connectivity index (χ2n) is 2.57. The Balaban J connectivity index is 2.74. The van der Waals surface area contributed by atoms with Crippen LogP contribution in [0.25, 0.3) is 0 Å². The molecule has 0 aliphatic carbocycles. The third kappa shape index (κ3) is 1.62. The van der Waals surface area contributed by atoms with E-state index in [9.17, 15) is 0 Å². The first-order valence-corrected chi connectivity index (χ1v) is 7.43. The Kier molecular flexibility index (Phi) is 1.39. The number of halogens is 2. The molecule has 1 heterocycles. The average molecular weight is 171 g/mol. The van der Waals surface area contributed by atoms with Crippen molar-refractivity contribution in [2.24, 2.45) is 0 Å². The van der Waals surface area contributed by atoms with Gasteiger partial charge in [-0.2, -0.15) is 0 Å². The second kappa shape index (κ2) is 1.62. The van der Waals surface area contributed by atoms with Crippen LogP contribution in [0.15, 0.2) is 12.2 Å². The van der Waals surface area contributed by atoms with Gasteiger partial charge in [0.1, 0.15) is 0 Å². The molecule has 3 heteroatoms. The Labute approximate surface area is 59.4 Å². The van der Waals surface area contributed by atoms with Gasteiger partial charge in [-0.05, 0) is 0 Å². The van der Waals surface area contributed by atoms with Gasteiger partial charge in [-0.3, -0.25) is 0 Å². The second-order valence-corrected chi connectivity index (χ2v) is 13.2. The van der Waals surface area contributed by atoms with Gasteiger partial charge in [0.25, 0.3) is 0 Å². The minimum absolute atomic E-state index is 0.898. The molecule has 0 atom stereocenters. The molecule has 8 heavy (non-hydrogen) atoms. The molecule has 0 aromatic heterocycles. The number of hydrogen-bond donors (Lipinski definition) is 0. The van der Waals surface area contributed by atoms with Gasteiger partial charge in [0.2, 0.25) is 0 Å². The Morgan fingerprint density at radius 3 is 1.75 bits per heavy atom. The predicted octanol–water partition coefficient (Wildman–Crippen LogP) is 3.05. The van der Waals surface area contributed by atoms with Crippen LogP contribution < -0.4 is 0 Å². The molecule has 0 saturated carbocycles. The maximum atomic E-state index is 6.06. The van der Waals surface area contributed by atoms with E-state index in [1.165, 1.54) is 0 Å². The van der Waals surface area contributed by atoms with Crippen LogP contribution in [-0.4, -0.2) is 19.0 Å². The van der Waals surface area contributed by atoms with Crippen LogP contribution in [0.4, 0.5) is 0 Å². The third-order valence-corrected chi connectivity index (χ3v) is 5.15. The fourth-order valence-electron chi connectivity index (χ4n) is 0.743. The summed E-state index contributed by atoms with van der Waals surface area (Å²) in [6, 6.07) is 0.